The van der Waals surface area contributed by atoms with E-state index in [1.165, 1.54) is 0 Å². The lowest BCUT2D eigenvalue weighted by atomic mass is 10.1. The summed E-state index contributed by atoms with van der Waals surface area (Å²) in [6.45, 7) is 0.377. The standard InChI is InChI=1S/C16H18N6O3/c1-23-12-4-3-11(9-13(12)24-2)5-8-25-16-20-14(17)19-15(21-16)22-7-6-18-10-22/h3-4,6-7,9-10H,5,8H2,1-2H3,(H2,17,19,20,21). The van der Waals surface area contributed by atoms with Crippen LogP contribution in [0, 0.1) is 0 Å². The number of nitrogens with zero attached hydrogens (tertiary/aromatic N) is 5. The lowest BCUT2D eigenvalue weighted by molar-refractivity contribution is 0.295. The van der Waals surface area contributed by atoms with Gasteiger partial charge in [-0.2, -0.15) is 15.0 Å². The molecular formula is C16H18N6O3. The summed E-state index contributed by atoms with van der Waals surface area (Å²) in [5.41, 5.74) is 6.75. The summed E-state index contributed by atoms with van der Waals surface area (Å²) < 4.78 is 17.7. The summed E-state index contributed by atoms with van der Waals surface area (Å²) in [5, 5.41) is 0. The lowest BCUT2D eigenvalue weighted by Gasteiger charge is -2.10. The molecular weight excluding hydrogens is 324 g/mol. The number of ether oxygens (including phenoxy) is 3. The number of hydrogen-bond donors (Lipinski definition) is 1. The molecule has 0 saturated carbocycles. The molecule has 0 aliphatic carbocycles. The molecule has 0 aliphatic heterocycles. The van der Waals surface area contributed by atoms with Gasteiger partial charge in [0.1, 0.15) is 6.33 Å². The monoisotopic (exact) mass is 342 g/mol. The third-order valence-corrected chi connectivity index (χ3v) is 3.43. The SMILES string of the molecule is COc1ccc(CCOc2nc(N)nc(-n3ccnc3)n2)cc1OC. The normalized spacial score (nSPS) is 10.5. The van der Waals surface area contributed by atoms with Crippen molar-refractivity contribution in [1.29, 1.82) is 0 Å². The second-order valence-corrected chi connectivity index (χ2v) is 5.03. The highest BCUT2D eigenvalue weighted by Crippen LogP contribution is 2.27. The quantitative estimate of drug-likeness (QED) is 0.683. The van der Waals surface area contributed by atoms with Gasteiger partial charge in [-0.25, -0.2) is 4.98 Å². The van der Waals surface area contributed by atoms with Gasteiger partial charge in [-0.1, -0.05) is 6.07 Å². The van der Waals surface area contributed by atoms with Crippen LogP contribution in [0.15, 0.2) is 36.9 Å². The molecule has 9 heteroatoms. The van der Waals surface area contributed by atoms with Crippen LogP contribution in [0.2, 0.25) is 0 Å². The molecule has 2 N–H and O–H groups in total. The predicted octanol–water partition coefficient (Wildman–Crippen LogP) is 1.28. The van der Waals surface area contributed by atoms with Crippen LogP contribution < -0.4 is 19.9 Å². The van der Waals surface area contributed by atoms with E-state index in [1.807, 2.05) is 18.2 Å². The van der Waals surface area contributed by atoms with Crippen molar-refractivity contribution in [3.63, 3.8) is 0 Å². The minimum Gasteiger partial charge on any atom is -0.493 e. The number of methoxy groups -OCH3 is 2. The molecule has 130 valence electrons. The van der Waals surface area contributed by atoms with Crippen molar-refractivity contribution in [2.75, 3.05) is 26.6 Å². The summed E-state index contributed by atoms with van der Waals surface area (Å²) in [6, 6.07) is 5.87. The maximum absolute atomic E-state index is 5.71. The minimum atomic E-state index is 0.0832. The van der Waals surface area contributed by atoms with Crippen LogP contribution in [0.25, 0.3) is 5.95 Å². The zero-order valence-electron chi connectivity index (χ0n) is 13.9. The molecule has 0 bridgehead atoms. The number of imidazole rings is 1. The largest absolute Gasteiger partial charge is 0.493 e. The van der Waals surface area contributed by atoms with Gasteiger partial charge >= 0.3 is 6.01 Å². The molecule has 3 rings (SSSR count). The number of aromatic nitrogens is 5. The fraction of sp³-hybridized carbons (Fsp3) is 0.250. The first-order chi connectivity index (χ1) is 12.2. The molecule has 0 aliphatic rings. The molecule has 0 amide bonds. The molecule has 1 aromatic carbocycles. The lowest BCUT2D eigenvalue weighted by Crippen LogP contribution is -2.10. The Morgan fingerprint density at radius 1 is 1.08 bits per heavy atom. The molecule has 0 radical (unpaired) electrons. The second-order valence-electron chi connectivity index (χ2n) is 5.03. The van der Waals surface area contributed by atoms with Crippen LogP contribution >= 0.6 is 0 Å². The first-order valence-corrected chi connectivity index (χ1v) is 7.53. The molecule has 0 fully saturated rings. The fourth-order valence-corrected chi connectivity index (χ4v) is 2.21. The highest BCUT2D eigenvalue weighted by Gasteiger charge is 2.08. The van der Waals surface area contributed by atoms with Gasteiger partial charge < -0.3 is 19.9 Å². The number of hydrogen-bond acceptors (Lipinski definition) is 8. The molecule has 0 unspecified atom stereocenters. The van der Waals surface area contributed by atoms with E-state index < -0.39 is 0 Å². The van der Waals surface area contributed by atoms with E-state index in [1.54, 1.807) is 37.5 Å². The highest BCUT2D eigenvalue weighted by molar-refractivity contribution is 5.42. The highest BCUT2D eigenvalue weighted by atomic mass is 16.5. The van der Waals surface area contributed by atoms with Gasteiger partial charge in [0.05, 0.1) is 20.8 Å². The van der Waals surface area contributed by atoms with Gasteiger partial charge in [-0.15, -0.1) is 0 Å². The Balaban J connectivity index is 1.66. The average molecular weight is 342 g/mol. The van der Waals surface area contributed by atoms with Crippen molar-refractivity contribution in [2.24, 2.45) is 0 Å². The molecule has 3 aromatic rings. The Kier molecular flexibility index (Phi) is 4.93. The number of benzene rings is 1. The van der Waals surface area contributed by atoms with Crippen molar-refractivity contribution in [2.45, 2.75) is 6.42 Å². The molecule has 9 nitrogen and oxygen atoms in total. The third kappa shape index (κ3) is 3.94. The van der Waals surface area contributed by atoms with Crippen LogP contribution in [0.4, 0.5) is 5.95 Å². The maximum atomic E-state index is 5.71. The molecule has 0 saturated heterocycles. The predicted molar refractivity (Wildman–Crippen MR) is 90.1 cm³/mol. The van der Waals surface area contributed by atoms with E-state index in [9.17, 15) is 0 Å². The Morgan fingerprint density at radius 3 is 2.64 bits per heavy atom. The van der Waals surface area contributed by atoms with E-state index >= 15 is 0 Å². The molecule has 0 atom stereocenters. The Morgan fingerprint density at radius 2 is 1.92 bits per heavy atom. The molecule has 2 heterocycles. The van der Waals surface area contributed by atoms with Crippen molar-refractivity contribution >= 4 is 5.95 Å². The second kappa shape index (κ2) is 7.47. The summed E-state index contributed by atoms with van der Waals surface area (Å²) in [4.78, 5) is 16.2. The van der Waals surface area contributed by atoms with E-state index in [-0.39, 0.29) is 12.0 Å². The summed E-state index contributed by atoms with van der Waals surface area (Å²) in [6.07, 6.45) is 5.55. The maximum Gasteiger partial charge on any atom is 0.323 e. The number of nitrogens with two attached hydrogens (primary N) is 1. The van der Waals surface area contributed by atoms with Gasteiger partial charge in [-0.05, 0) is 17.7 Å². The summed E-state index contributed by atoms with van der Waals surface area (Å²) in [5.74, 6) is 1.79. The van der Waals surface area contributed by atoms with Crippen LogP contribution in [0.5, 0.6) is 17.5 Å². The first kappa shape index (κ1) is 16.5. The van der Waals surface area contributed by atoms with Crippen LogP contribution in [0.3, 0.4) is 0 Å². The topological polar surface area (TPSA) is 110 Å². The van der Waals surface area contributed by atoms with Gasteiger partial charge in [0, 0.05) is 18.8 Å². The smallest absolute Gasteiger partial charge is 0.323 e. The van der Waals surface area contributed by atoms with Crippen molar-refractivity contribution in [3.8, 4) is 23.5 Å². The first-order valence-electron chi connectivity index (χ1n) is 7.53. The van der Waals surface area contributed by atoms with Crippen LogP contribution in [-0.4, -0.2) is 45.3 Å². The van der Waals surface area contributed by atoms with E-state index in [2.05, 4.69) is 19.9 Å². The van der Waals surface area contributed by atoms with Crippen molar-refractivity contribution in [1.82, 2.24) is 24.5 Å². The summed E-state index contributed by atoms with van der Waals surface area (Å²) in [7, 11) is 3.20. The number of rotatable bonds is 7. The zero-order valence-corrected chi connectivity index (χ0v) is 13.9. The third-order valence-electron chi connectivity index (χ3n) is 3.43. The minimum absolute atomic E-state index is 0.0832. The van der Waals surface area contributed by atoms with Gasteiger partial charge in [0.15, 0.2) is 11.5 Å². The van der Waals surface area contributed by atoms with E-state index in [0.717, 1.165) is 5.56 Å². The zero-order chi connectivity index (χ0) is 17.6. The molecule has 2 aromatic heterocycles. The van der Waals surface area contributed by atoms with Crippen LogP contribution in [0.1, 0.15) is 5.56 Å². The molecule has 25 heavy (non-hydrogen) atoms. The van der Waals surface area contributed by atoms with Crippen molar-refractivity contribution < 1.29 is 14.2 Å². The Labute approximate surface area is 144 Å². The van der Waals surface area contributed by atoms with E-state index in [0.29, 0.717) is 30.5 Å². The average Bonchev–Trinajstić information content (AvgIpc) is 3.16. The van der Waals surface area contributed by atoms with Gasteiger partial charge in [0.25, 0.3) is 0 Å². The summed E-state index contributed by atoms with van der Waals surface area (Å²) >= 11 is 0. The fourth-order valence-electron chi connectivity index (χ4n) is 2.21. The van der Waals surface area contributed by atoms with Crippen LogP contribution in [-0.2, 0) is 6.42 Å². The van der Waals surface area contributed by atoms with Gasteiger partial charge in [0.2, 0.25) is 11.9 Å². The number of nitrogen functional groups attached to an aromatic ring is 1. The number of anilines is 1. The van der Waals surface area contributed by atoms with Gasteiger partial charge in [-0.3, -0.25) is 4.57 Å². The van der Waals surface area contributed by atoms with Crippen molar-refractivity contribution in [3.05, 3.63) is 42.5 Å². The Bertz CT molecular complexity index is 838. The Hall–Kier alpha value is -3.36. The molecule has 0 spiro atoms. The van der Waals surface area contributed by atoms with E-state index in [4.69, 9.17) is 19.9 Å².